The lowest BCUT2D eigenvalue weighted by atomic mass is 10.2. The topological polar surface area (TPSA) is 101 Å². The molecule has 1 N–H and O–H groups in total. The molecule has 1 heterocycles. The van der Waals surface area contributed by atoms with Crippen molar-refractivity contribution >= 4 is 38.1 Å². The van der Waals surface area contributed by atoms with Crippen molar-refractivity contribution in [3.63, 3.8) is 0 Å². The first kappa shape index (κ1) is 22.6. The predicted molar refractivity (Wildman–Crippen MR) is 118 cm³/mol. The quantitative estimate of drug-likeness (QED) is 0.547. The molecule has 11 heteroatoms. The molecule has 0 fully saturated rings. The number of hydrogen-bond donors (Lipinski definition) is 1. The molecular formula is C20H21FN4O4S2. The van der Waals surface area contributed by atoms with E-state index in [-0.39, 0.29) is 17.2 Å². The number of nitrogens with one attached hydrogen (secondary N) is 1. The van der Waals surface area contributed by atoms with Crippen molar-refractivity contribution in [2.45, 2.75) is 19.4 Å². The van der Waals surface area contributed by atoms with Crippen LogP contribution in [0.5, 0.6) is 5.75 Å². The third-order valence-corrected chi connectivity index (χ3v) is 6.47. The number of rotatable bonds is 8. The Morgan fingerprint density at radius 3 is 2.45 bits per heavy atom. The molecule has 0 aliphatic carbocycles. The zero-order valence-corrected chi connectivity index (χ0v) is 18.7. The zero-order valence-electron chi connectivity index (χ0n) is 17.1. The molecule has 0 radical (unpaired) electrons. The highest BCUT2D eigenvalue weighted by atomic mass is 32.2. The molecule has 1 atom stereocenters. The first-order valence-electron chi connectivity index (χ1n) is 9.27. The largest absolute Gasteiger partial charge is 0.497 e. The number of anilines is 2. The molecule has 0 unspecified atom stereocenters. The first-order chi connectivity index (χ1) is 14.7. The van der Waals surface area contributed by atoms with Gasteiger partial charge < -0.3 is 4.74 Å². The minimum Gasteiger partial charge on any atom is -0.497 e. The number of halogens is 1. The molecular weight excluding hydrogens is 443 g/mol. The van der Waals surface area contributed by atoms with Gasteiger partial charge in [-0.1, -0.05) is 30.4 Å². The summed E-state index contributed by atoms with van der Waals surface area (Å²) in [5.74, 6) is -0.674. The van der Waals surface area contributed by atoms with Gasteiger partial charge in [-0.2, -0.15) is 0 Å². The van der Waals surface area contributed by atoms with Crippen molar-refractivity contribution in [2.75, 3.05) is 23.0 Å². The number of hydrogen-bond acceptors (Lipinski definition) is 7. The summed E-state index contributed by atoms with van der Waals surface area (Å²) >= 11 is 1.14. The molecule has 0 saturated heterocycles. The lowest BCUT2D eigenvalue weighted by Gasteiger charge is -2.29. The maximum atomic E-state index is 14.3. The highest BCUT2D eigenvalue weighted by molar-refractivity contribution is 7.92. The summed E-state index contributed by atoms with van der Waals surface area (Å²) in [5.41, 5.74) is 0.596. The Kier molecular flexibility index (Phi) is 6.86. The Balaban J connectivity index is 1.85. The van der Waals surface area contributed by atoms with E-state index in [1.165, 1.54) is 18.2 Å². The predicted octanol–water partition coefficient (Wildman–Crippen LogP) is 3.54. The molecule has 164 valence electrons. The molecule has 2 aromatic carbocycles. The van der Waals surface area contributed by atoms with Gasteiger partial charge >= 0.3 is 0 Å². The molecule has 0 saturated carbocycles. The number of nitrogens with zero attached hydrogens (tertiary/aromatic N) is 3. The van der Waals surface area contributed by atoms with E-state index < -0.39 is 27.8 Å². The maximum Gasteiger partial charge on any atom is 0.250 e. The first-order valence-corrected chi connectivity index (χ1v) is 11.9. The number of carbonyl (C=O) groups excluding carboxylic acids is 1. The van der Waals surface area contributed by atoms with Gasteiger partial charge in [-0.15, -0.1) is 10.2 Å². The van der Waals surface area contributed by atoms with E-state index >= 15 is 0 Å². The second kappa shape index (κ2) is 9.40. The number of sulfonamides is 1. The van der Waals surface area contributed by atoms with Crippen molar-refractivity contribution in [3.8, 4) is 16.3 Å². The number of aromatic nitrogens is 2. The molecule has 0 aliphatic rings. The Labute approximate surface area is 183 Å². The minimum absolute atomic E-state index is 0.122. The van der Waals surface area contributed by atoms with Crippen molar-refractivity contribution in [3.05, 3.63) is 54.3 Å². The van der Waals surface area contributed by atoms with E-state index in [9.17, 15) is 17.6 Å². The van der Waals surface area contributed by atoms with Crippen LogP contribution in [0.4, 0.5) is 15.2 Å². The van der Waals surface area contributed by atoms with Gasteiger partial charge in [0.25, 0.3) is 0 Å². The van der Waals surface area contributed by atoms with Crippen LogP contribution in [-0.2, 0) is 14.8 Å². The standard InChI is InChI=1S/C20H21FN4O4S2/c1-4-16(25(31(3,27)28)17-8-6-5-7-15(17)21)18(26)22-20-24-23-19(30-20)13-9-11-14(29-2)12-10-13/h5-12,16H,4H2,1-3H3,(H,22,24,26)/t16-/m0/s1. The summed E-state index contributed by atoms with van der Waals surface area (Å²) in [7, 11) is -2.38. The van der Waals surface area contributed by atoms with Crippen LogP contribution in [0.25, 0.3) is 10.6 Å². The van der Waals surface area contributed by atoms with Gasteiger partial charge in [0.15, 0.2) is 0 Å². The second-order valence-corrected chi connectivity index (χ2v) is 9.40. The van der Waals surface area contributed by atoms with E-state index in [4.69, 9.17) is 4.74 Å². The molecule has 0 spiro atoms. The average molecular weight is 465 g/mol. The zero-order chi connectivity index (χ0) is 22.6. The van der Waals surface area contributed by atoms with Gasteiger partial charge in [-0.05, 0) is 42.8 Å². The van der Waals surface area contributed by atoms with E-state index in [2.05, 4.69) is 15.5 Å². The molecule has 0 aliphatic heterocycles. The normalized spacial score (nSPS) is 12.3. The van der Waals surface area contributed by atoms with Gasteiger partial charge in [0.2, 0.25) is 21.1 Å². The van der Waals surface area contributed by atoms with Crippen LogP contribution in [0.2, 0.25) is 0 Å². The summed E-state index contributed by atoms with van der Waals surface area (Å²) in [6.07, 6.45) is 1.06. The van der Waals surface area contributed by atoms with Gasteiger partial charge in [0.05, 0.1) is 19.1 Å². The van der Waals surface area contributed by atoms with Gasteiger partial charge in [0.1, 0.15) is 22.6 Å². The summed E-state index contributed by atoms with van der Waals surface area (Å²) in [6, 6.07) is 11.4. The SMILES string of the molecule is CC[C@@H](C(=O)Nc1nnc(-c2ccc(OC)cc2)s1)N(c1ccccc1F)S(C)(=O)=O. The number of ether oxygens (including phenoxy) is 1. The number of carbonyl (C=O) groups is 1. The summed E-state index contributed by atoms with van der Waals surface area (Å²) in [6.45, 7) is 1.64. The summed E-state index contributed by atoms with van der Waals surface area (Å²) in [4.78, 5) is 12.9. The smallest absolute Gasteiger partial charge is 0.250 e. The second-order valence-electron chi connectivity index (χ2n) is 6.56. The van der Waals surface area contributed by atoms with Crippen LogP contribution in [0.1, 0.15) is 13.3 Å². The third-order valence-electron chi connectivity index (χ3n) is 4.41. The van der Waals surface area contributed by atoms with Crippen molar-refractivity contribution in [1.82, 2.24) is 10.2 Å². The fraction of sp³-hybridized carbons (Fsp3) is 0.250. The Morgan fingerprint density at radius 2 is 1.87 bits per heavy atom. The fourth-order valence-corrected chi connectivity index (χ4v) is 4.94. The van der Waals surface area contributed by atoms with Crippen molar-refractivity contribution < 1.29 is 22.3 Å². The fourth-order valence-electron chi connectivity index (χ4n) is 2.98. The molecule has 31 heavy (non-hydrogen) atoms. The number of amides is 1. The highest BCUT2D eigenvalue weighted by Crippen LogP contribution is 2.29. The Hall–Kier alpha value is -3.05. The summed E-state index contributed by atoms with van der Waals surface area (Å²) < 4.78 is 45.1. The molecule has 8 nitrogen and oxygen atoms in total. The molecule has 3 aromatic rings. The number of benzene rings is 2. The van der Waals surface area contributed by atoms with Crippen LogP contribution in [0.3, 0.4) is 0 Å². The van der Waals surface area contributed by atoms with Crippen LogP contribution in [0.15, 0.2) is 48.5 Å². The molecule has 0 bridgehead atoms. The molecule has 1 aromatic heterocycles. The van der Waals surface area contributed by atoms with Crippen LogP contribution < -0.4 is 14.4 Å². The van der Waals surface area contributed by atoms with Crippen molar-refractivity contribution in [2.24, 2.45) is 0 Å². The van der Waals surface area contributed by atoms with E-state index in [1.807, 2.05) is 12.1 Å². The van der Waals surface area contributed by atoms with Crippen LogP contribution in [0, 0.1) is 5.82 Å². The highest BCUT2D eigenvalue weighted by Gasteiger charge is 2.33. The lowest BCUT2D eigenvalue weighted by Crippen LogP contribution is -2.47. The average Bonchev–Trinajstić information content (AvgIpc) is 3.20. The maximum absolute atomic E-state index is 14.3. The molecule has 1 amide bonds. The number of para-hydroxylation sites is 1. The van der Waals surface area contributed by atoms with Crippen LogP contribution in [-0.4, -0.2) is 43.9 Å². The van der Waals surface area contributed by atoms with Crippen molar-refractivity contribution in [1.29, 1.82) is 0 Å². The monoisotopic (exact) mass is 464 g/mol. The van der Waals surface area contributed by atoms with Gasteiger partial charge in [-0.3, -0.25) is 14.4 Å². The van der Waals surface area contributed by atoms with E-state index in [0.29, 0.717) is 10.8 Å². The van der Waals surface area contributed by atoms with Crippen LogP contribution >= 0.6 is 11.3 Å². The summed E-state index contributed by atoms with van der Waals surface area (Å²) in [5, 5.41) is 11.4. The van der Waals surface area contributed by atoms with E-state index in [0.717, 1.165) is 33.5 Å². The minimum atomic E-state index is -3.95. The third kappa shape index (κ3) is 5.17. The Morgan fingerprint density at radius 1 is 1.19 bits per heavy atom. The number of methoxy groups -OCH3 is 1. The van der Waals surface area contributed by atoms with Gasteiger partial charge in [0, 0.05) is 5.56 Å². The molecule has 3 rings (SSSR count). The Bertz CT molecular complexity index is 1170. The lowest BCUT2D eigenvalue weighted by molar-refractivity contribution is -0.117. The van der Waals surface area contributed by atoms with E-state index in [1.54, 1.807) is 26.2 Å². The van der Waals surface area contributed by atoms with Gasteiger partial charge in [-0.25, -0.2) is 12.8 Å².